The lowest BCUT2D eigenvalue weighted by atomic mass is 10.3. The Kier molecular flexibility index (Phi) is 5.14. The van der Waals surface area contributed by atoms with Crippen molar-refractivity contribution in [1.29, 1.82) is 0 Å². The van der Waals surface area contributed by atoms with Gasteiger partial charge in [-0.1, -0.05) is 17.4 Å². The Morgan fingerprint density at radius 3 is 2.81 bits per heavy atom. The summed E-state index contributed by atoms with van der Waals surface area (Å²) in [4.78, 5) is 26.8. The first-order chi connectivity index (χ1) is 12.5. The van der Waals surface area contributed by atoms with Gasteiger partial charge in [0, 0.05) is 13.7 Å². The van der Waals surface area contributed by atoms with Crippen LogP contribution in [0.2, 0.25) is 0 Å². The van der Waals surface area contributed by atoms with E-state index in [0.29, 0.717) is 23.7 Å². The second-order valence-electron chi connectivity index (χ2n) is 5.15. The average Bonchev–Trinajstić information content (AvgIpc) is 3.25. The van der Waals surface area contributed by atoms with Crippen molar-refractivity contribution < 1.29 is 23.6 Å². The fraction of sp³-hybridized carbons (Fsp3) is 0.250. The fourth-order valence-electron chi connectivity index (χ4n) is 2.42. The van der Waals surface area contributed by atoms with E-state index in [2.05, 4.69) is 4.99 Å². The van der Waals surface area contributed by atoms with E-state index in [0.717, 1.165) is 16.3 Å². The first-order valence-electron chi connectivity index (χ1n) is 7.53. The molecule has 0 aliphatic heterocycles. The molecule has 26 heavy (non-hydrogen) atoms. The predicted molar refractivity (Wildman–Crippen MR) is 93.5 cm³/mol. The zero-order valence-corrected chi connectivity index (χ0v) is 14.8. The van der Waals surface area contributed by atoms with E-state index < -0.39 is 16.7 Å². The standard InChI is InChI=1S/C16H15N3O6S/c1-23-9-8-18-14-10(24-2)4-3-5-12(14)26-16(18)17-15(20)11-6-7-13(25-11)19(21)22/h3-7H,8-9H2,1-2H3. The first-order valence-corrected chi connectivity index (χ1v) is 8.35. The largest absolute Gasteiger partial charge is 0.495 e. The summed E-state index contributed by atoms with van der Waals surface area (Å²) >= 11 is 1.30. The molecule has 0 saturated carbocycles. The van der Waals surface area contributed by atoms with Gasteiger partial charge in [0.2, 0.25) is 5.76 Å². The van der Waals surface area contributed by atoms with Gasteiger partial charge >= 0.3 is 11.8 Å². The van der Waals surface area contributed by atoms with Crippen molar-refractivity contribution in [3.63, 3.8) is 0 Å². The highest BCUT2D eigenvalue weighted by atomic mass is 32.1. The zero-order valence-electron chi connectivity index (χ0n) is 14.0. The number of nitro groups is 1. The van der Waals surface area contributed by atoms with Gasteiger partial charge in [0.15, 0.2) is 4.80 Å². The Balaban J connectivity index is 2.11. The quantitative estimate of drug-likeness (QED) is 0.482. The maximum atomic E-state index is 12.4. The molecule has 0 spiro atoms. The number of para-hydroxylation sites is 1. The third-order valence-corrected chi connectivity index (χ3v) is 4.63. The van der Waals surface area contributed by atoms with E-state index in [1.54, 1.807) is 14.2 Å². The van der Waals surface area contributed by atoms with E-state index in [1.165, 1.54) is 17.4 Å². The monoisotopic (exact) mass is 377 g/mol. The molecule has 0 N–H and O–H groups in total. The SMILES string of the molecule is COCCn1c(=NC(=O)c2ccc([N+](=O)[O-])o2)sc2cccc(OC)c21. The molecule has 3 aromatic rings. The highest BCUT2D eigenvalue weighted by Crippen LogP contribution is 2.27. The number of rotatable bonds is 6. The molecule has 0 unspecified atom stereocenters. The van der Waals surface area contributed by atoms with Gasteiger partial charge in [0.05, 0.1) is 24.5 Å². The van der Waals surface area contributed by atoms with E-state index >= 15 is 0 Å². The van der Waals surface area contributed by atoms with Gasteiger partial charge in [-0.2, -0.15) is 4.99 Å². The lowest BCUT2D eigenvalue weighted by Gasteiger charge is -2.07. The van der Waals surface area contributed by atoms with Crippen molar-refractivity contribution in [2.24, 2.45) is 4.99 Å². The number of hydrogen-bond donors (Lipinski definition) is 0. The third kappa shape index (κ3) is 3.37. The number of hydrogen-bond acceptors (Lipinski definition) is 7. The Morgan fingerprint density at radius 2 is 2.15 bits per heavy atom. The molecular weight excluding hydrogens is 362 g/mol. The number of furan rings is 1. The second-order valence-corrected chi connectivity index (χ2v) is 6.16. The number of carbonyl (C=O) groups is 1. The summed E-state index contributed by atoms with van der Waals surface area (Å²) in [6.07, 6.45) is 0. The maximum absolute atomic E-state index is 12.4. The summed E-state index contributed by atoms with van der Waals surface area (Å²) < 4.78 is 18.2. The van der Waals surface area contributed by atoms with Crippen LogP contribution in [0.5, 0.6) is 5.75 Å². The van der Waals surface area contributed by atoms with E-state index in [9.17, 15) is 14.9 Å². The van der Waals surface area contributed by atoms with Gasteiger partial charge in [-0.3, -0.25) is 14.9 Å². The summed E-state index contributed by atoms with van der Waals surface area (Å²) in [7, 11) is 3.15. The van der Waals surface area contributed by atoms with Crippen LogP contribution in [0.4, 0.5) is 5.88 Å². The molecular formula is C16H15N3O6S. The van der Waals surface area contributed by atoms with Crippen molar-refractivity contribution in [2.45, 2.75) is 6.54 Å². The van der Waals surface area contributed by atoms with Gasteiger partial charge < -0.3 is 18.5 Å². The van der Waals surface area contributed by atoms with Crippen LogP contribution in [0.3, 0.4) is 0 Å². The highest BCUT2D eigenvalue weighted by molar-refractivity contribution is 7.16. The lowest BCUT2D eigenvalue weighted by Crippen LogP contribution is -2.19. The number of nitrogens with zero attached hydrogens (tertiary/aromatic N) is 3. The Hall–Kier alpha value is -2.98. The number of fused-ring (bicyclic) bond motifs is 1. The molecule has 0 saturated heterocycles. The minimum atomic E-state index is -0.708. The predicted octanol–water partition coefficient (Wildman–Crippen LogP) is 2.60. The van der Waals surface area contributed by atoms with Crippen LogP contribution in [0.1, 0.15) is 10.6 Å². The summed E-state index contributed by atoms with van der Waals surface area (Å²) in [5.74, 6) is -0.750. The zero-order chi connectivity index (χ0) is 18.7. The van der Waals surface area contributed by atoms with Crippen LogP contribution in [-0.4, -0.2) is 36.2 Å². The van der Waals surface area contributed by atoms with Crippen LogP contribution in [-0.2, 0) is 11.3 Å². The van der Waals surface area contributed by atoms with Gasteiger partial charge in [-0.25, -0.2) is 0 Å². The van der Waals surface area contributed by atoms with Crippen molar-refractivity contribution in [2.75, 3.05) is 20.8 Å². The Morgan fingerprint density at radius 1 is 1.35 bits per heavy atom. The van der Waals surface area contributed by atoms with E-state index in [-0.39, 0.29) is 5.76 Å². The summed E-state index contributed by atoms with van der Waals surface area (Å²) in [6.45, 7) is 0.874. The minimum absolute atomic E-state index is 0.195. The molecule has 2 aromatic heterocycles. The lowest BCUT2D eigenvalue weighted by molar-refractivity contribution is -0.402. The van der Waals surface area contributed by atoms with Gasteiger partial charge in [0.1, 0.15) is 16.2 Å². The number of methoxy groups -OCH3 is 2. The fourth-order valence-corrected chi connectivity index (χ4v) is 3.49. The van der Waals surface area contributed by atoms with Gasteiger partial charge in [-0.05, 0) is 18.2 Å². The molecule has 0 aliphatic carbocycles. The van der Waals surface area contributed by atoms with Crippen molar-refractivity contribution >= 4 is 33.3 Å². The normalized spacial score (nSPS) is 11.8. The average molecular weight is 377 g/mol. The topological polar surface area (TPSA) is 109 Å². The second kappa shape index (κ2) is 7.50. The number of amides is 1. The molecule has 0 bridgehead atoms. The number of benzene rings is 1. The van der Waals surface area contributed by atoms with E-state index in [4.69, 9.17) is 13.9 Å². The van der Waals surface area contributed by atoms with Crippen molar-refractivity contribution in [3.05, 3.63) is 51.0 Å². The molecule has 9 nitrogen and oxygen atoms in total. The van der Waals surface area contributed by atoms with Crippen LogP contribution >= 0.6 is 11.3 Å². The molecule has 0 atom stereocenters. The Labute approximate surface area is 151 Å². The molecule has 10 heteroatoms. The number of carbonyl (C=O) groups excluding carboxylic acids is 1. The maximum Gasteiger partial charge on any atom is 0.433 e. The van der Waals surface area contributed by atoms with Crippen LogP contribution in [0.15, 0.2) is 39.7 Å². The summed E-state index contributed by atoms with van der Waals surface area (Å²) in [5, 5.41) is 10.7. The summed E-state index contributed by atoms with van der Waals surface area (Å²) in [6, 6.07) is 7.92. The molecule has 1 amide bonds. The van der Waals surface area contributed by atoms with Gasteiger partial charge in [0.25, 0.3) is 0 Å². The summed E-state index contributed by atoms with van der Waals surface area (Å²) in [5.41, 5.74) is 0.800. The molecule has 136 valence electrons. The van der Waals surface area contributed by atoms with Crippen LogP contribution < -0.4 is 9.54 Å². The number of aromatic nitrogens is 1. The van der Waals surface area contributed by atoms with Gasteiger partial charge in [-0.15, -0.1) is 0 Å². The molecule has 0 aliphatic rings. The molecule has 3 rings (SSSR count). The highest BCUT2D eigenvalue weighted by Gasteiger charge is 2.18. The number of thiazole rings is 1. The first kappa shape index (κ1) is 17.8. The van der Waals surface area contributed by atoms with Crippen LogP contribution in [0.25, 0.3) is 10.2 Å². The molecule has 1 aromatic carbocycles. The Bertz CT molecular complexity index is 1030. The van der Waals surface area contributed by atoms with Crippen molar-refractivity contribution in [3.8, 4) is 5.75 Å². The smallest absolute Gasteiger partial charge is 0.433 e. The number of ether oxygens (including phenoxy) is 2. The van der Waals surface area contributed by atoms with E-state index in [1.807, 2.05) is 22.8 Å². The third-order valence-electron chi connectivity index (χ3n) is 3.58. The van der Waals surface area contributed by atoms with Crippen LogP contribution in [0, 0.1) is 10.1 Å². The van der Waals surface area contributed by atoms with Crippen molar-refractivity contribution in [1.82, 2.24) is 4.57 Å². The molecule has 0 radical (unpaired) electrons. The molecule has 2 heterocycles. The minimum Gasteiger partial charge on any atom is -0.495 e. The molecule has 0 fully saturated rings.